The van der Waals surface area contributed by atoms with Crippen LogP contribution in [0.25, 0.3) is 0 Å². The van der Waals surface area contributed by atoms with Gasteiger partial charge in [-0.05, 0) is 0 Å². The minimum atomic E-state index is 0.0831. The summed E-state index contributed by atoms with van der Waals surface area (Å²) in [5, 5.41) is 3.56. The fraction of sp³-hybridized carbons (Fsp3) is 0.882. The van der Waals surface area contributed by atoms with Crippen molar-refractivity contribution in [1.29, 1.82) is 0 Å². The predicted octanol–water partition coefficient (Wildman–Crippen LogP) is -0.638. The Bertz CT molecular complexity index is 464. The molecule has 1 amide bonds. The van der Waals surface area contributed by atoms with Crippen molar-refractivity contribution in [3.05, 3.63) is 0 Å². The van der Waals surface area contributed by atoms with Gasteiger partial charge in [-0.2, -0.15) is 0 Å². The number of nitrogens with one attached hydrogen (secondary N) is 1. The molecule has 0 radical (unpaired) electrons. The van der Waals surface area contributed by atoms with E-state index < -0.39 is 0 Å². The Balaban J connectivity index is 1.46. The van der Waals surface area contributed by atoms with Crippen LogP contribution in [0.15, 0.2) is 4.99 Å². The number of nitrogens with zero attached hydrogens (tertiary/aromatic N) is 5. The van der Waals surface area contributed by atoms with Gasteiger partial charge in [0.1, 0.15) is 0 Å². The lowest BCUT2D eigenvalue weighted by molar-refractivity contribution is -0.135. The molecule has 1 N–H and O–H groups in total. The van der Waals surface area contributed by atoms with Crippen LogP contribution < -0.4 is 5.32 Å². The van der Waals surface area contributed by atoms with E-state index in [1.165, 1.54) is 32.7 Å². The van der Waals surface area contributed by atoms with Gasteiger partial charge in [-0.3, -0.25) is 19.6 Å². The summed E-state index contributed by atoms with van der Waals surface area (Å²) in [7, 11) is 1.85. The smallest absolute Gasteiger partial charge is 0.225 e. The Labute approximate surface area is 145 Å². The summed E-state index contributed by atoms with van der Waals surface area (Å²) in [6.45, 7) is 14.2. The summed E-state index contributed by atoms with van der Waals surface area (Å²) in [4.78, 5) is 26.0. The van der Waals surface area contributed by atoms with Crippen molar-refractivity contribution in [3.63, 3.8) is 0 Å². The van der Waals surface area contributed by atoms with Crippen LogP contribution in [0.2, 0.25) is 0 Å². The zero-order valence-corrected chi connectivity index (χ0v) is 15.4. The quantitative estimate of drug-likeness (QED) is 0.549. The lowest BCUT2D eigenvalue weighted by Crippen LogP contribution is -2.64. The van der Waals surface area contributed by atoms with Gasteiger partial charge in [-0.15, -0.1) is 0 Å². The molecule has 4 aliphatic heterocycles. The Morgan fingerprint density at radius 1 is 1.04 bits per heavy atom. The number of guanidine groups is 1. The molecule has 7 nitrogen and oxygen atoms in total. The van der Waals surface area contributed by atoms with Crippen molar-refractivity contribution >= 4 is 11.9 Å². The van der Waals surface area contributed by atoms with E-state index in [4.69, 9.17) is 0 Å². The van der Waals surface area contributed by atoms with E-state index in [-0.39, 0.29) is 11.8 Å². The molecule has 136 valence electrons. The largest absolute Gasteiger partial charge is 0.355 e. The Morgan fingerprint density at radius 3 is 2.17 bits per heavy atom. The van der Waals surface area contributed by atoms with E-state index in [1.54, 1.807) is 0 Å². The van der Waals surface area contributed by atoms with Crippen LogP contribution in [0.1, 0.15) is 13.8 Å². The maximum Gasteiger partial charge on any atom is 0.225 e. The number of piperazine rings is 4. The van der Waals surface area contributed by atoms with Crippen LogP contribution in [0.4, 0.5) is 0 Å². The van der Waals surface area contributed by atoms with Gasteiger partial charge in [0.25, 0.3) is 0 Å². The zero-order chi connectivity index (χ0) is 17.1. The molecule has 1 atom stereocenters. The molecule has 0 aliphatic carbocycles. The maximum absolute atomic E-state index is 12.1. The number of carbonyl (C=O) groups excluding carboxylic acids is 1. The summed E-state index contributed by atoms with van der Waals surface area (Å²) in [6.07, 6.45) is 0. The van der Waals surface area contributed by atoms with E-state index in [2.05, 4.69) is 25.0 Å². The van der Waals surface area contributed by atoms with Crippen molar-refractivity contribution in [2.75, 3.05) is 72.5 Å². The van der Waals surface area contributed by atoms with E-state index in [1.807, 2.05) is 25.8 Å². The molecular formula is C17H32N6O. The first kappa shape index (κ1) is 17.5. The molecule has 7 heteroatoms. The van der Waals surface area contributed by atoms with Crippen LogP contribution in [-0.2, 0) is 4.79 Å². The molecule has 1 unspecified atom stereocenters. The number of aliphatic imine (C=N–C) groups is 1. The summed E-state index contributed by atoms with van der Waals surface area (Å²) < 4.78 is 0. The molecule has 4 aliphatic rings. The highest BCUT2D eigenvalue weighted by Gasteiger charge is 2.32. The maximum atomic E-state index is 12.1. The number of carbonyl (C=O) groups is 1. The number of hydrogen-bond acceptors (Lipinski definition) is 4. The summed E-state index contributed by atoms with van der Waals surface area (Å²) in [5.74, 6) is 1.32. The lowest BCUT2D eigenvalue weighted by atomic mass is 10.1. The summed E-state index contributed by atoms with van der Waals surface area (Å²) in [5.41, 5.74) is 0. The molecule has 0 aromatic rings. The highest BCUT2D eigenvalue weighted by molar-refractivity contribution is 5.81. The molecule has 0 saturated carbocycles. The SMILES string of the molecule is CN=C(NCC1CN2CCN1CC2)N1CCN(C(=O)C(C)C)CC1. The minimum Gasteiger partial charge on any atom is -0.355 e. The zero-order valence-electron chi connectivity index (χ0n) is 15.4. The third-order valence-corrected chi connectivity index (χ3v) is 5.48. The lowest BCUT2D eigenvalue weighted by Gasteiger charge is -2.47. The highest BCUT2D eigenvalue weighted by atomic mass is 16.2. The topological polar surface area (TPSA) is 54.4 Å². The monoisotopic (exact) mass is 336 g/mol. The van der Waals surface area contributed by atoms with Crippen LogP contribution >= 0.6 is 0 Å². The van der Waals surface area contributed by atoms with E-state index in [0.29, 0.717) is 6.04 Å². The first-order valence-electron chi connectivity index (χ1n) is 9.29. The van der Waals surface area contributed by atoms with Gasteiger partial charge in [0.2, 0.25) is 5.91 Å². The molecule has 4 heterocycles. The molecule has 4 fully saturated rings. The van der Waals surface area contributed by atoms with Crippen LogP contribution in [-0.4, -0.2) is 110 Å². The molecule has 0 spiro atoms. The van der Waals surface area contributed by atoms with E-state index in [0.717, 1.165) is 38.7 Å². The number of amides is 1. The van der Waals surface area contributed by atoms with Crippen molar-refractivity contribution in [3.8, 4) is 0 Å². The van der Waals surface area contributed by atoms with Crippen molar-refractivity contribution in [1.82, 2.24) is 24.9 Å². The second-order valence-corrected chi connectivity index (χ2v) is 7.39. The second kappa shape index (κ2) is 7.70. The minimum absolute atomic E-state index is 0.0831. The Kier molecular flexibility index (Phi) is 5.61. The summed E-state index contributed by atoms with van der Waals surface area (Å²) >= 11 is 0. The van der Waals surface area contributed by atoms with Gasteiger partial charge in [-0.25, -0.2) is 0 Å². The first-order chi connectivity index (χ1) is 11.6. The van der Waals surface area contributed by atoms with Gasteiger partial charge < -0.3 is 15.1 Å². The number of hydrogen-bond donors (Lipinski definition) is 1. The van der Waals surface area contributed by atoms with Gasteiger partial charge in [0.15, 0.2) is 5.96 Å². The Morgan fingerprint density at radius 2 is 1.67 bits per heavy atom. The molecule has 0 aromatic carbocycles. The van der Waals surface area contributed by atoms with Crippen molar-refractivity contribution in [2.45, 2.75) is 19.9 Å². The van der Waals surface area contributed by atoms with E-state index in [9.17, 15) is 4.79 Å². The fourth-order valence-electron chi connectivity index (χ4n) is 3.96. The molecule has 2 bridgehead atoms. The fourth-order valence-corrected chi connectivity index (χ4v) is 3.96. The first-order valence-corrected chi connectivity index (χ1v) is 9.29. The van der Waals surface area contributed by atoms with Gasteiger partial charge in [-0.1, -0.05) is 13.8 Å². The molecule has 4 saturated heterocycles. The predicted molar refractivity (Wildman–Crippen MR) is 96.2 cm³/mol. The average Bonchev–Trinajstić information content (AvgIpc) is 2.63. The molecule has 0 aromatic heterocycles. The molecule has 24 heavy (non-hydrogen) atoms. The molecular weight excluding hydrogens is 304 g/mol. The second-order valence-electron chi connectivity index (χ2n) is 7.39. The van der Waals surface area contributed by atoms with Crippen LogP contribution in [0.5, 0.6) is 0 Å². The van der Waals surface area contributed by atoms with Gasteiger partial charge >= 0.3 is 0 Å². The van der Waals surface area contributed by atoms with Crippen LogP contribution in [0.3, 0.4) is 0 Å². The van der Waals surface area contributed by atoms with Gasteiger partial charge in [0.05, 0.1) is 0 Å². The number of rotatable bonds is 3. The standard InChI is InChI=1S/C17H32N6O/c1-14(2)16(24)22-8-10-23(11-9-22)17(18-3)19-12-15-13-20-4-6-21(15)7-5-20/h14-15H,4-13H2,1-3H3,(H,18,19). The number of fused-ring (bicyclic) bond motifs is 3. The van der Waals surface area contributed by atoms with Gasteiger partial charge in [0, 0.05) is 84.5 Å². The summed E-state index contributed by atoms with van der Waals surface area (Å²) in [6, 6.07) is 0.591. The third-order valence-electron chi connectivity index (χ3n) is 5.48. The normalized spacial score (nSPS) is 30.8. The highest BCUT2D eigenvalue weighted by Crippen LogP contribution is 2.15. The van der Waals surface area contributed by atoms with Crippen molar-refractivity contribution < 1.29 is 4.79 Å². The Hall–Kier alpha value is -1.34. The third kappa shape index (κ3) is 3.83. The molecule has 4 rings (SSSR count). The van der Waals surface area contributed by atoms with Crippen molar-refractivity contribution in [2.24, 2.45) is 10.9 Å². The van der Waals surface area contributed by atoms with Crippen LogP contribution in [0, 0.1) is 5.92 Å². The van der Waals surface area contributed by atoms with E-state index >= 15 is 0 Å². The average molecular weight is 336 g/mol.